The molecular formula is C15H8F6N4. The lowest BCUT2D eigenvalue weighted by Gasteiger charge is -2.11. The summed E-state index contributed by atoms with van der Waals surface area (Å²) in [6, 6.07) is 4.33. The Morgan fingerprint density at radius 3 is 2.04 bits per heavy atom. The number of hydrogen-bond donors (Lipinski definition) is 1. The molecule has 0 atom stereocenters. The summed E-state index contributed by atoms with van der Waals surface area (Å²) in [5.74, 6) is -0.297. The minimum atomic E-state index is -4.75. The van der Waals surface area contributed by atoms with Gasteiger partial charge in [0.15, 0.2) is 11.6 Å². The average molecular weight is 358 g/mol. The first-order valence-electron chi connectivity index (χ1n) is 6.78. The van der Waals surface area contributed by atoms with Crippen LogP contribution in [0.4, 0.5) is 26.3 Å². The minimum Gasteiger partial charge on any atom is -0.342 e. The second-order valence-corrected chi connectivity index (χ2v) is 4.97. The van der Waals surface area contributed by atoms with E-state index in [-0.39, 0.29) is 22.9 Å². The molecule has 0 bridgehead atoms. The Bertz CT molecular complexity index is 867. The maximum atomic E-state index is 13.1. The fourth-order valence-electron chi connectivity index (χ4n) is 2.06. The SMILES string of the molecule is FC(F)(F)c1ccc(-c2cc(C(F)(F)F)nc(-c3ncc[nH]3)n2)cc1. The molecule has 130 valence electrons. The molecule has 0 aliphatic heterocycles. The van der Waals surface area contributed by atoms with Crippen molar-refractivity contribution in [1.82, 2.24) is 19.9 Å². The second-order valence-electron chi connectivity index (χ2n) is 4.97. The first kappa shape index (κ1) is 16.9. The number of aromatic nitrogens is 4. The molecule has 10 heteroatoms. The predicted molar refractivity (Wildman–Crippen MR) is 75.1 cm³/mol. The summed E-state index contributed by atoms with van der Waals surface area (Å²) in [5.41, 5.74) is -2.20. The van der Waals surface area contributed by atoms with Gasteiger partial charge in [0, 0.05) is 18.0 Å². The Morgan fingerprint density at radius 1 is 0.840 bits per heavy atom. The number of H-pyrrole nitrogens is 1. The standard InChI is InChI=1S/C15H8F6N4/c16-14(17,18)9-3-1-8(2-4-9)10-7-11(15(19,20)21)25-13(24-10)12-22-5-6-23-12/h1-7H,(H,22,23). The number of benzene rings is 1. The molecule has 0 saturated heterocycles. The predicted octanol–water partition coefficient (Wildman–Crippen LogP) is 4.57. The summed E-state index contributed by atoms with van der Waals surface area (Å²) in [4.78, 5) is 13.8. The summed E-state index contributed by atoms with van der Waals surface area (Å²) in [6.45, 7) is 0. The number of hydrogen-bond acceptors (Lipinski definition) is 3. The number of nitrogens with one attached hydrogen (secondary N) is 1. The van der Waals surface area contributed by atoms with Crippen LogP contribution in [0.2, 0.25) is 0 Å². The van der Waals surface area contributed by atoms with Crippen molar-refractivity contribution in [1.29, 1.82) is 0 Å². The zero-order valence-corrected chi connectivity index (χ0v) is 12.2. The van der Waals surface area contributed by atoms with Gasteiger partial charge in [0.2, 0.25) is 0 Å². The molecule has 0 saturated carbocycles. The Morgan fingerprint density at radius 2 is 1.52 bits per heavy atom. The van der Waals surface area contributed by atoms with Crippen LogP contribution in [0.25, 0.3) is 22.9 Å². The largest absolute Gasteiger partial charge is 0.433 e. The van der Waals surface area contributed by atoms with Gasteiger partial charge in [-0.05, 0) is 18.2 Å². The highest BCUT2D eigenvalue weighted by Gasteiger charge is 2.34. The van der Waals surface area contributed by atoms with Gasteiger partial charge in [-0.25, -0.2) is 15.0 Å². The van der Waals surface area contributed by atoms with Crippen LogP contribution in [0.1, 0.15) is 11.3 Å². The molecule has 0 spiro atoms. The number of rotatable bonds is 2. The molecule has 0 aliphatic carbocycles. The molecule has 0 amide bonds. The quantitative estimate of drug-likeness (QED) is 0.683. The molecule has 25 heavy (non-hydrogen) atoms. The average Bonchev–Trinajstić information content (AvgIpc) is 3.07. The van der Waals surface area contributed by atoms with Gasteiger partial charge in [0.1, 0.15) is 5.69 Å². The van der Waals surface area contributed by atoms with Crippen LogP contribution in [0.15, 0.2) is 42.7 Å². The summed E-state index contributed by atoms with van der Waals surface area (Å²) in [5, 5.41) is 0. The van der Waals surface area contributed by atoms with E-state index >= 15 is 0 Å². The van der Waals surface area contributed by atoms with Crippen molar-refractivity contribution in [2.24, 2.45) is 0 Å². The fraction of sp³-hybridized carbons (Fsp3) is 0.133. The van der Waals surface area contributed by atoms with Gasteiger partial charge in [-0.15, -0.1) is 0 Å². The molecule has 1 N–H and O–H groups in total. The van der Waals surface area contributed by atoms with Crippen LogP contribution in [0.5, 0.6) is 0 Å². The Hall–Kier alpha value is -2.91. The summed E-state index contributed by atoms with van der Waals surface area (Å²) in [6.07, 6.45) is -6.58. The number of imidazole rings is 1. The third-order valence-corrected chi connectivity index (χ3v) is 3.23. The summed E-state index contributed by atoms with van der Waals surface area (Å²) < 4.78 is 77.0. The molecule has 4 nitrogen and oxygen atoms in total. The molecule has 2 heterocycles. The van der Waals surface area contributed by atoms with Crippen molar-refractivity contribution >= 4 is 0 Å². The van der Waals surface area contributed by atoms with E-state index in [1.54, 1.807) is 0 Å². The Balaban J connectivity index is 2.10. The zero-order valence-electron chi connectivity index (χ0n) is 12.2. The summed E-state index contributed by atoms with van der Waals surface area (Å²) >= 11 is 0. The Kier molecular flexibility index (Phi) is 3.97. The summed E-state index contributed by atoms with van der Waals surface area (Å²) in [7, 11) is 0. The van der Waals surface area contributed by atoms with Gasteiger partial charge < -0.3 is 4.98 Å². The van der Waals surface area contributed by atoms with Crippen LogP contribution < -0.4 is 0 Å². The van der Waals surface area contributed by atoms with Gasteiger partial charge in [-0.2, -0.15) is 26.3 Å². The van der Waals surface area contributed by atoms with Crippen molar-refractivity contribution in [2.45, 2.75) is 12.4 Å². The number of alkyl halides is 6. The van der Waals surface area contributed by atoms with E-state index in [1.807, 2.05) is 0 Å². The van der Waals surface area contributed by atoms with E-state index in [4.69, 9.17) is 0 Å². The highest BCUT2D eigenvalue weighted by molar-refractivity contribution is 5.62. The molecule has 3 rings (SSSR count). The minimum absolute atomic E-state index is 0.0132. The highest BCUT2D eigenvalue weighted by Crippen LogP contribution is 2.33. The maximum Gasteiger partial charge on any atom is 0.433 e. The van der Waals surface area contributed by atoms with E-state index < -0.39 is 23.6 Å². The van der Waals surface area contributed by atoms with Gasteiger partial charge in [0.25, 0.3) is 0 Å². The lowest BCUT2D eigenvalue weighted by Crippen LogP contribution is -2.10. The maximum absolute atomic E-state index is 13.1. The third kappa shape index (κ3) is 3.62. The molecule has 0 unspecified atom stereocenters. The number of halogens is 6. The van der Waals surface area contributed by atoms with Crippen molar-refractivity contribution in [3.63, 3.8) is 0 Å². The monoisotopic (exact) mass is 358 g/mol. The van der Waals surface area contributed by atoms with Crippen molar-refractivity contribution < 1.29 is 26.3 Å². The lowest BCUT2D eigenvalue weighted by molar-refractivity contribution is -0.141. The van der Waals surface area contributed by atoms with Gasteiger partial charge in [0.05, 0.1) is 11.3 Å². The number of nitrogens with zero attached hydrogens (tertiary/aromatic N) is 3. The highest BCUT2D eigenvalue weighted by atomic mass is 19.4. The molecule has 3 aromatic rings. The van der Waals surface area contributed by atoms with Crippen LogP contribution in [-0.4, -0.2) is 19.9 Å². The van der Waals surface area contributed by atoms with E-state index in [1.165, 1.54) is 12.4 Å². The second kappa shape index (κ2) is 5.87. The van der Waals surface area contributed by atoms with Gasteiger partial charge >= 0.3 is 12.4 Å². The molecule has 0 fully saturated rings. The van der Waals surface area contributed by atoms with E-state index in [2.05, 4.69) is 19.9 Å². The third-order valence-electron chi connectivity index (χ3n) is 3.23. The smallest absolute Gasteiger partial charge is 0.342 e. The van der Waals surface area contributed by atoms with E-state index in [9.17, 15) is 26.3 Å². The molecular weight excluding hydrogens is 350 g/mol. The van der Waals surface area contributed by atoms with Crippen LogP contribution >= 0.6 is 0 Å². The fourth-order valence-corrected chi connectivity index (χ4v) is 2.06. The lowest BCUT2D eigenvalue weighted by atomic mass is 10.1. The van der Waals surface area contributed by atoms with E-state index in [0.29, 0.717) is 6.07 Å². The van der Waals surface area contributed by atoms with Crippen LogP contribution in [-0.2, 0) is 12.4 Å². The molecule has 1 aromatic carbocycles. The first-order chi connectivity index (χ1) is 11.6. The topological polar surface area (TPSA) is 54.5 Å². The Labute approximate surface area is 136 Å². The van der Waals surface area contributed by atoms with Crippen molar-refractivity contribution in [3.05, 3.63) is 54.0 Å². The zero-order chi connectivity index (χ0) is 18.2. The van der Waals surface area contributed by atoms with Gasteiger partial charge in [-0.1, -0.05) is 12.1 Å². The normalized spacial score (nSPS) is 12.4. The molecule has 0 aliphatic rings. The van der Waals surface area contributed by atoms with Gasteiger partial charge in [-0.3, -0.25) is 0 Å². The van der Waals surface area contributed by atoms with E-state index in [0.717, 1.165) is 24.3 Å². The molecule has 2 aromatic heterocycles. The molecule has 0 radical (unpaired) electrons. The van der Waals surface area contributed by atoms with Crippen LogP contribution in [0.3, 0.4) is 0 Å². The first-order valence-corrected chi connectivity index (χ1v) is 6.78. The van der Waals surface area contributed by atoms with Crippen molar-refractivity contribution in [3.8, 4) is 22.9 Å². The van der Waals surface area contributed by atoms with Crippen LogP contribution in [0, 0.1) is 0 Å². The van der Waals surface area contributed by atoms with Crippen molar-refractivity contribution in [2.75, 3.05) is 0 Å². The number of aromatic amines is 1.